The van der Waals surface area contributed by atoms with Crippen LogP contribution in [0.3, 0.4) is 0 Å². The van der Waals surface area contributed by atoms with Crippen molar-refractivity contribution in [2.75, 3.05) is 13.1 Å². The molecule has 2 amide bonds. The molecule has 1 N–H and O–H groups in total. The number of nitrogens with zero attached hydrogens (tertiary/aromatic N) is 1. The van der Waals surface area contributed by atoms with Crippen LogP contribution in [0.5, 0.6) is 0 Å². The second-order valence-electron chi connectivity index (χ2n) is 7.18. The number of ether oxygens (including phenoxy) is 1. The fraction of sp³-hybridized carbons (Fsp3) is 0.556. The maximum absolute atomic E-state index is 13.6. The highest BCUT2D eigenvalue weighted by Gasteiger charge is 2.27. The lowest BCUT2D eigenvalue weighted by atomic mass is 10.0. The molecule has 0 aromatic heterocycles. The quantitative estimate of drug-likeness (QED) is 0.902. The van der Waals surface area contributed by atoms with Crippen molar-refractivity contribution < 1.29 is 18.7 Å². The van der Waals surface area contributed by atoms with Crippen LogP contribution in [-0.2, 0) is 4.74 Å². The Morgan fingerprint density at radius 3 is 2.42 bits per heavy atom. The number of amides is 2. The Kier molecular flexibility index (Phi) is 5.47. The van der Waals surface area contributed by atoms with Gasteiger partial charge < -0.3 is 15.0 Å². The van der Waals surface area contributed by atoms with E-state index in [1.807, 2.05) is 20.8 Å². The number of nitrogens with one attached hydrogen (secondary N) is 1. The van der Waals surface area contributed by atoms with E-state index in [4.69, 9.17) is 4.74 Å². The number of piperidine rings is 1. The summed E-state index contributed by atoms with van der Waals surface area (Å²) in [4.78, 5) is 25.9. The molecule has 2 rings (SSSR count). The van der Waals surface area contributed by atoms with E-state index in [9.17, 15) is 14.0 Å². The van der Waals surface area contributed by atoms with E-state index in [-0.39, 0.29) is 23.9 Å². The second-order valence-corrected chi connectivity index (χ2v) is 7.18. The van der Waals surface area contributed by atoms with Gasteiger partial charge in [-0.3, -0.25) is 4.79 Å². The van der Waals surface area contributed by atoms with Crippen LogP contribution in [0.1, 0.15) is 49.5 Å². The molecule has 5 nitrogen and oxygen atoms in total. The molecule has 6 heteroatoms. The number of benzene rings is 1. The van der Waals surface area contributed by atoms with Crippen molar-refractivity contribution in [3.8, 4) is 0 Å². The van der Waals surface area contributed by atoms with E-state index in [0.29, 0.717) is 37.1 Å². The van der Waals surface area contributed by atoms with Gasteiger partial charge in [0.05, 0.1) is 0 Å². The zero-order chi connectivity index (χ0) is 17.9. The van der Waals surface area contributed by atoms with Gasteiger partial charge in [0.2, 0.25) is 0 Å². The third-order valence-electron chi connectivity index (χ3n) is 3.92. The number of hydrogen-bond donors (Lipinski definition) is 1. The van der Waals surface area contributed by atoms with Crippen LogP contribution < -0.4 is 5.32 Å². The fourth-order valence-corrected chi connectivity index (χ4v) is 2.54. The average Bonchev–Trinajstić information content (AvgIpc) is 2.49. The average molecular weight is 336 g/mol. The Morgan fingerprint density at radius 2 is 1.88 bits per heavy atom. The predicted molar refractivity (Wildman–Crippen MR) is 89.4 cm³/mol. The highest BCUT2D eigenvalue weighted by Crippen LogP contribution is 2.16. The molecule has 1 saturated heterocycles. The van der Waals surface area contributed by atoms with Crippen LogP contribution in [0, 0.1) is 12.7 Å². The lowest BCUT2D eigenvalue weighted by Gasteiger charge is -2.33. The van der Waals surface area contributed by atoms with E-state index in [2.05, 4.69) is 5.32 Å². The van der Waals surface area contributed by atoms with Gasteiger partial charge in [-0.25, -0.2) is 9.18 Å². The summed E-state index contributed by atoms with van der Waals surface area (Å²) in [5.41, 5.74) is 0.308. The molecule has 0 spiro atoms. The van der Waals surface area contributed by atoms with Crippen molar-refractivity contribution in [2.45, 2.75) is 52.2 Å². The summed E-state index contributed by atoms with van der Waals surface area (Å²) < 4.78 is 18.9. The molecule has 1 heterocycles. The molecule has 0 atom stereocenters. The highest BCUT2D eigenvalue weighted by molar-refractivity contribution is 5.94. The lowest BCUT2D eigenvalue weighted by Crippen LogP contribution is -2.47. The van der Waals surface area contributed by atoms with Gasteiger partial charge in [-0.2, -0.15) is 0 Å². The summed E-state index contributed by atoms with van der Waals surface area (Å²) in [6, 6.07) is 4.43. The Bertz CT molecular complexity index is 617. The minimum Gasteiger partial charge on any atom is -0.444 e. The van der Waals surface area contributed by atoms with Gasteiger partial charge in [0.15, 0.2) is 0 Å². The summed E-state index contributed by atoms with van der Waals surface area (Å²) in [5, 5.41) is 2.91. The Balaban J connectivity index is 1.85. The van der Waals surface area contributed by atoms with Gasteiger partial charge in [-0.15, -0.1) is 0 Å². The number of carbonyl (C=O) groups excluding carboxylic acids is 2. The van der Waals surface area contributed by atoms with Crippen LogP contribution in [0.25, 0.3) is 0 Å². The van der Waals surface area contributed by atoms with Crippen LogP contribution >= 0.6 is 0 Å². The van der Waals surface area contributed by atoms with Gasteiger partial charge in [0.25, 0.3) is 5.91 Å². The highest BCUT2D eigenvalue weighted by atomic mass is 19.1. The number of rotatable bonds is 2. The molecule has 1 aromatic carbocycles. The summed E-state index contributed by atoms with van der Waals surface area (Å²) in [5.74, 6) is -0.674. The number of likely N-dealkylation sites (tertiary alicyclic amines) is 1. The molecular weight excluding hydrogens is 311 g/mol. The van der Waals surface area contributed by atoms with Gasteiger partial charge >= 0.3 is 6.09 Å². The first-order valence-corrected chi connectivity index (χ1v) is 8.20. The van der Waals surface area contributed by atoms with Crippen molar-refractivity contribution in [3.05, 3.63) is 35.1 Å². The first-order chi connectivity index (χ1) is 11.2. The summed E-state index contributed by atoms with van der Waals surface area (Å²) in [6.45, 7) is 8.21. The maximum Gasteiger partial charge on any atom is 0.410 e. The maximum atomic E-state index is 13.6. The number of hydrogen-bond acceptors (Lipinski definition) is 3. The van der Waals surface area contributed by atoms with Crippen LogP contribution in [0.2, 0.25) is 0 Å². The number of carbonyl (C=O) groups is 2. The van der Waals surface area contributed by atoms with Crippen molar-refractivity contribution in [1.29, 1.82) is 0 Å². The van der Waals surface area contributed by atoms with Crippen molar-refractivity contribution in [1.82, 2.24) is 10.2 Å². The summed E-state index contributed by atoms with van der Waals surface area (Å²) >= 11 is 0. The second kappa shape index (κ2) is 7.20. The Morgan fingerprint density at radius 1 is 1.25 bits per heavy atom. The first kappa shape index (κ1) is 18.2. The molecule has 0 unspecified atom stereocenters. The standard InChI is InChI=1S/C18H25FN2O3/c1-12-5-6-13(11-15(12)19)16(22)20-14-7-9-21(10-8-14)17(23)24-18(2,3)4/h5-6,11,14H,7-10H2,1-4H3,(H,20,22). The minimum absolute atomic E-state index is 0.0273. The topological polar surface area (TPSA) is 58.6 Å². The number of halogens is 1. The van der Waals surface area contributed by atoms with Crippen molar-refractivity contribution in [2.24, 2.45) is 0 Å². The molecule has 1 fully saturated rings. The lowest BCUT2D eigenvalue weighted by molar-refractivity contribution is 0.0199. The molecule has 0 bridgehead atoms. The van der Waals surface area contributed by atoms with Gasteiger partial charge in [-0.05, 0) is 58.2 Å². The molecule has 0 aliphatic carbocycles. The molecule has 132 valence electrons. The summed E-state index contributed by atoms with van der Waals surface area (Å²) in [6.07, 6.45) is 0.978. The van der Waals surface area contributed by atoms with Gasteiger partial charge in [0.1, 0.15) is 11.4 Å². The van der Waals surface area contributed by atoms with Crippen LogP contribution in [0.15, 0.2) is 18.2 Å². The van der Waals surface area contributed by atoms with Crippen LogP contribution in [0.4, 0.5) is 9.18 Å². The van der Waals surface area contributed by atoms with E-state index in [0.717, 1.165) is 0 Å². The van der Waals surface area contributed by atoms with E-state index < -0.39 is 5.60 Å². The van der Waals surface area contributed by atoms with Gasteiger partial charge in [-0.1, -0.05) is 6.07 Å². The van der Waals surface area contributed by atoms with E-state index >= 15 is 0 Å². The van der Waals surface area contributed by atoms with E-state index in [1.165, 1.54) is 6.07 Å². The molecule has 0 saturated carbocycles. The molecule has 1 aliphatic rings. The monoisotopic (exact) mass is 336 g/mol. The molecule has 0 radical (unpaired) electrons. The fourth-order valence-electron chi connectivity index (χ4n) is 2.54. The largest absolute Gasteiger partial charge is 0.444 e. The van der Waals surface area contributed by atoms with Crippen LogP contribution in [-0.4, -0.2) is 41.6 Å². The predicted octanol–water partition coefficient (Wildman–Crippen LogP) is 3.26. The zero-order valence-electron chi connectivity index (χ0n) is 14.7. The molecule has 24 heavy (non-hydrogen) atoms. The van der Waals surface area contributed by atoms with E-state index in [1.54, 1.807) is 24.0 Å². The zero-order valence-corrected chi connectivity index (χ0v) is 14.7. The normalized spacial score (nSPS) is 16.0. The van der Waals surface area contributed by atoms with Gasteiger partial charge in [0, 0.05) is 24.7 Å². The Labute approximate surface area is 142 Å². The third-order valence-corrected chi connectivity index (χ3v) is 3.92. The molecule has 1 aromatic rings. The SMILES string of the molecule is Cc1ccc(C(=O)NC2CCN(C(=O)OC(C)(C)C)CC2)cc1F. The molecular formula is C18H25FN2O3. The van der Waals surface area contributed by atoms with Crippen molar-refractivity contribution in [3.63, 3.8) is 0 Å². The summed E-state index contributed by atoms with van der Waals surface area (Å²) in [7, 11) is 0. The van der Waals surface area contributed by atoms with Crippen molar-refractivity contribution >= 4 is 12.0 Å². The minimum atomic E-state index is -0.516. The number of aryl methyl sites for hydroxylation is 1. The smallest absolute Gasteiger partial charge is 0.410 e. The first-order valence-electron chi connectivity index (χ1n) is 8.20. The molecule has 1 aliphatic heterocycles. The third kappa shape index (κ3) is 4.94. The Hall–Kier alpha value is -2.11.